The lowest BCUT2D eigenvalue weighted by Crippen LogP contribution is -2.51. The van der Waals surface area contributed by atoms with Crippen molar-refractivity contribution in [3.8, 4) is 0 Å². The number of hydrogen-bond donors (Lipinski definition) is 1. The minimum atomic E-state index is -4.09. The third-order valence-electron chi connectivity index (χ3n) is 4.06. The number of hydrogen-bond acceptors (Lipinski definition) is 2. The summed E-state index contributed by atoms with van der Waals surface area (Å²) in [6, 6.07) is -0.220. The predicted molar refractivity (Wildman–Crippen MR) is 65.6 cm³/mol. The van der Waals surface area contributed by atoms with Crippen molar-refractivity contribution < 1.29 is 17.9 Å². The van der Waals surface area contributed by atoms with Crippen LogP contribution < -0.4 is 5.32 Å². The summed E-state index contributed by atoms with van der Waals surface area (Å²) in [4.78, 5) is 0. The smallest absolute Gasteiger partial charge is 0.377 e. The van der Waals surface area contributed by atoms with E-state index in [2.05, 4.69) is 5.32 Å². The normalized spacial score (nSPS) is 22.5. The number of methoxy groups -OCH3 is 1. The van der Waals surface area contributed by atoms with Crippen molar-refractivity contribution in [2.75, 3.05) is 14.2 Å². The largest absolute Gasteiger partial charge is 0.389 e. The molecule has 0 bridgehead atoms. The molecule has 1 saturated carbocycles. The molecule has 0 aliphatic heterocycles. The second-order valence-corrected chi connectivity index (χ2v) is 5.18. The van der Waals surface area contributed by atoms with Gasteiger partial charge in [-0.05, 0) is 26.3 Å². The molecule has 2 nitrogen and oxygen atoms in total. The van der Waals surface area contributed by atoms with Crippen LogP contribution >= 0.6 is 0 Å². The molecule has 0 aromatic heterocycles. The molecule has 0 heterocycles. The molecule has 0 saturated heterocycles. The van der Waals surface area contributed by atoms with Gasteiger partial charge in [0.15, 0.2) is 0 Å². The Kier molecular flexibility index (Phi) is 5.92. The van der Waals surface area contributed by atoms with Crippen LogP contribution in [0.15, 0.2) is 0 Å². The van der Waals surface area contributed by atoms with E-state index in [4.69, 9.17) is 4.74 Å². The van der Waals surface area contributed by atoms with Crippen LogP contribution in [0.5, 0.6) is 0 Å². The van der Waals surface area contributed by atoms with Gasteiger partial charge < -0.3 is 10.1 Å². The summed E-state index contributed by atoms with van der Waals surface area (Å²) < 4.78 is 42.7. The minimum Gasteiger partial charge on any atom is -0.377 e. The average molecular weight is 267 g/mol. The summed E-state index contributed by atoms with van der Waals surface area (Å²) >= 11 is 0. The molecule has 108 valence electrons. The molecule has 1 aliphatic carbocycles. The van der Waals surface area contributed by atoms with Gasteiger partial charge in [-0.25, -0.2) is 0 Å². The molecule has 1 fully saturated rings. The Morgan fingerprint density at radius 3 is 2.11 bits per heavy atom. The third kappa shape index (κ3) is 4.43. The van der Waals surface area contributed by atoms with E-state index in [1.54, 1.807) is 14.2 Å². The zero-order valence-electron chi connectivity index (χ0n) is 11.3. The van der Waals surface area contributed by atoms with Gasteiger partial charge in [-0.15, -0.1) is 0 Å². The first-order chi connectivity index (χ1) is 8.43. The summed E-state index contributed by atoms with van der Waals surface area (Å²) in [5.41, 5.74) is -0.420. The van der Waals surface area contributed by atoms with Gasteiger partial charge in [0.2, 0.25) is 0 Å². The quantitative estimate of drug-likeness (QED) is 0.768. The third-order valence-corrected chi connectivity index (χ3v) is 4.06. The van der Waals surface area contributed by atoms with Crippen LogP contribution in [-0.2, 0) is 4.74 Å². The molecular weight excluding hydrogens is 243 g/mol. The van der Waals surface area contributed by atoms with E-state index in [-0.39, 0.29) is 12.5 Å². The van der Waals surface area contributed by atoms with Gasteiger partial charge in [0.25, 0.3) is 0 Å². The lowest BCUT2D eigenvalue weighted by Gasteiger charge is -2.39. The first-order valence-corrected chi connectivity index (χ1v) is 6.73. The maximum Gasteiger partial charge on any atom is 0.389 e. The molecule has 1 rings (SSSR count). The summed E-state index contributed by atoms with van der Waals surface area (Å²) in [7, 11) is 3.36. The fourth-order valence-corrected chi connectivity index (χ4v) is 3.00. The van der Waals surface area contributed by atoms with Crippen LogP contribution in [-0.4, -0.2) is 32.0 Å². The van der Waals surface area contributed by atoms with Crippen molar-refractivity contribution in [3.63, 3.8) is 0 Å². The van der Waals surface area contributed by atoms with Crippen molar-refractivity contribution in [1.82, 2.24) is 5.32 Å². The summed E-state index contributed by atoms with van der Waals surface area (Å²) in [6.45, 7) is 0. The zero-order chi connectivity index (χ0) is 13.6. The highest BCUT2D eigenvalue weighted by molar-refractivity contribution is 4.94. The maximum atomic E-state index is 12.4. The molecule has 0 aromatic carbocycles. The van der Waals surface area contributed by atoms with Crippen LogP contribution in [0.4, 0.5) is 13.2 Å². The first kappa shape index (κ1) is 15.8. The molecule has 0 spiro atoms. The SMILES string of the molecule is CNC(CCC(F)(F)F)C1(OC)CCCCCC1. The maximum absolute atomic E-state index is 12.4. The Labute approximate surface area is 107 Å². The number of alkyl halides is 3. The van der Waals surface area contributed by atoms with Gasteiger partial charge in [-0.2, -0.15) is 13.2 Å². The van der Waals surface area contributed by atoms with Gasteiger partial charge in [-0.1, -0.05) is 25.7 Å². The average Bonchev–Trinajstić information content (AvgIpc) is 2.55. The fourth-order valence-electron chi connectivity index (χ4n) is 3.00. The molecule has 1 atom stereocenters. The molecule has 18 heavy (non-hydrogen) atoms. The van der Waals surface area contributed by atoms with Crippen molar-refractivity contribution in [1.29, 1.82) is 0 Å². The van der Waals surface area contributed by atoms with Gasteiger partial charge in [0.1, 0.15) is 0 Å². The number of ether oxygens (including phenoxy) is 1. The van der Waals surface area contributed by atoms with Crippen LogP contribution in [0.3, 0.4) is 0 Å². The van der Waals surface area contributed by atoms with E-state index < -0.39 is 18.2 Å². The lowest BCUT2D eigenvalue weighted by molar-refractivity contribution is -0.142. The number of rotatable bonds is 5. The molecule has 1 unspecified atom stereocenters. The second kappa shape index (κ2) is 6.75. The molecule has 0 amide bonds. The highest BCUT2D eigenvalue weighted by atomic mass is 19.4. The Bertz CT molecular complexity index is 235. The van der Waals surface area contributed by atoms with Gasteiger partial charge in [-0.3, -0.25) is 0 Å². The molecule has 0 aromatic rings. The van der Waals surface area contributed by atoms with E-state index in [1.807, 2.05) is 0 Å². The van der Waals surface area contributed by atoms with E-state index in [0.29, 0.717) is 0 Å². The van der Waals surface area contributed by atoms with Crippen molar-refractivity contribution in [2.24, 2.45) is 0 Å². The standard InChI is InChI=1S/C13H24F3NO/c1-17-11(7-10-13(14,15)16)12(18-2)8-5-3-4-6-9-12/h11,17H,3-10H2,1-2H3. The Balaban J connectivity index is 2.68. The summed E-state index contributed by atoms with van der Waals surface area (Å²) in [5.74, 6) is 0. The van der Waals surface area contributed by atoms with E-state index in [9.17, 15) is 13.2 Å². The number of nitrogens with one attached hydrogen (secondary N) is 1. The van der Waals surface area contributed by atoms with Gasteiger partial charge >= 0.3 is 6.18 Å². The topological polar surface area (TPSA) is 21.3 Å². The number of likely N-dealkylation sites (N-methyl/N-ethyl adjacent to an activating group) is 1. The van der Waals surface area contributed by atoms with Crippen LogP contribution in [0.25, 0.3) is 0 Å². The van der Waals surface area contributed by atoms with E-state index >= 15 is 0 Å². The van der Waals surface area contributed by atoms with Gasteiger partial charge in [0.05, 0.1) is 5.60 Å². The minimum absolute atomic E-state index is 0.0911. The molecule has 1 N–H and O–H groups in total. The molecule has 1 aliphatic rings. The van der Waals surface area contributed by atoms with Crippen molar-refractivity contribution in [2.45, 2.75) is 69.2 Å². The molecule has 0 radical (unpaired) electrons. The Morgan fingerprint density at radius 2 is 1.72 bits per heavy atom. The van der Waals surface area contributed by atoms with Crippen molar-refractivity contribution >= 4 is 0 Å². The van der Waals surface area contributed by atoms with E-state index in [0.717, 1.165) is 38.5 Å². The molecule has 5 heteroatoms. The summed E-state index contributed by atoms with van der Waals surface area (Å²) in [5, 5.41) is 3.04. The first-order valence-electron chi connectivity index (χ1n) is 6.73. The monoisotopic (exact) mass is 267 g/mol. The van der Waals surface area contributed by atoms with Crippen LogP contribution in [0.1, 0.15) is 51.4 Å². The zero-order valence-corrected chi connectivity index (χ0v) is 11.3. The van der Waals surface area contributed by atoms with Gasteiger partial charge in [0, 0.05) is 19.6 Å². The summed E-state index contributed by atoms with van der Waals surface area (Å²) in [6.07, 6.45) is 1.35. The highest BCUT2D eigenvalue weighted by Crippen LogP contribution is 2.36. The highest BCUT2D eigenvalue weighted by Gasteiger charge is 2.40. The Morgan fingerprint density at radius 1 is 1.17 bits per heavy atom. The van der Waals surface area contributed by atoms with Crippen LogP contribution in [0.2, 0.25) is 0 Å². The number of halogens is 3. The van der Waals surface area contributed by atoms with Crippen LogP contribution in [0, 0.1) is 0 Å². The second-order valence-electron chi connectivity index (χ2n) is 5.18. The van der Waals surface area contributed by atoms with Crippen molar-refractivity contribution in [3.05, 3.63) is 0 Å². The Hall–Kier alpha value is -0.290. The molecular formula is C13H24F3NO. The fraction of sp³-hybridized carbons (Fsp3) is 1.00. The lowest BCUT2D eigenvalue weighted by atomic mass is 9.83. The van der Waals surface area contributed by atoms with E-state index in [1.165, 1.54) is 0 Å². The predicted octanol–water partition coefficient (Wildman–Crippen LogP) is 3.66.